The van der Waals surface area contributed by atoms with Crippen molar-refractivity contribution in [3.8, 4) is 11.5 Å². The van der Waals surface area contributed by atoms with Gasteiger partial charge in [0.25, 0.3) is 5.91 Å². The van der Waals surface area contributed by atoms with E-state index in [0.29, 0.717) is 18.0 Å². The molecule has 4 rings (SSSR count). The summed E-state index contributed by atoms with van der Waals surface area (Å²) in [5, 5.41) is 10.2. The van der Waals surface area contributed by atoms with Gasteiger partial charge in [-0.15, -0.1) is 5.10 Å². The largest absolute Gasteiger partial charge is 0.497 e. The Kier molecular flexibility index (Phi) is 5.78. The second-order valence-corrected chi connectivity index (χ2v) is 6.84. The summed E-state index contributed by atoms with van der Waals surface area (Å²) in [5.41, 5.74) is 0.749. The van der Waals surface area contributed by atoms with Crippen molar-refractivity contribution in [2.75, 3.05) is 30.5 Å². The Bertz CT molecular complexity index is 1070. The molecule has 1 saturated heterocycles. The first-order valence-electron chi connectivity index (χ1n) is 9.48. The lowest BCUT2D eigenvalue weighted by Crippen LogP contribution is -2.24. The number of halogens is 1. The SMILES string of the molecule is COc1ccc(N2C[C@@H](c3nnc(NC(=O)COc4ccc(F)cc4)o3)CC2=O)cc1. The van der Waals surface area contributed by atoms with Gasteiger partial charge in [-0.2, -0.15) is 0 Å². The fraction of sp³-hybridized carbons (Fsp3) is 0.238. The molecule has 1 N–H and O–H groups in total. The molecule has 2 amide bonds. The van der Waals surface area contributed by atoms with Gasteiger partial charge in [-0.1, -0.05) is 5.10 Å². The molecule has 2 heterocycles. The first-order valence-corrected chi connectivity index (χ1v) is 9.48. The van der Waals surface area contributed by atoms with Crippen LogP contribution in [-0.4, -0.2) is 42.3 Å². The van der Waals surface area contributed by atoms with Crippen molar-refractivity contribution in [1.82, 2.24) is 10.2 Å². The van der Waals surface area contributed by atoms with Gasteiger partial charge in [0.2, 0.25) is 11.8 Å². The summed E-state index contributed by atoms with van der Waals surface area (Å²) >= 11 is 0. The van der Waals surface area contributed by atoms with E-state index in [1.165, 1.54) is 24.3 Å². The van der Waals surface area contributed by atoms with Crippen molar-refractivity contribution in [3.63, 3.8) is 0 Å². The van der Waals surface area contributed by atoms with Crippen molar-refractivity contribution in [3.05, 3.63) is 60.2 Å². The molecule has 1 aromatic heterocycles. The average molecular weight is 426 g/mol. The number of ether oxygens (including phenoxy) is 2. The molecular formula is C21H19FN4O5. The van der Waals surface area contributed by atoms with E-state index in [4.69, 9.17) is 13.9 Å². The molecule has 0 saturated carbocycles. The van der Waals surface area contributed by atoms with Crippen LogP contribution in [-0.2, 0) is 9.59 Å². The molecule has 0 radical (unpaired) electrons. The Balaban J connectivity index is 1.33. The lowest BCUT2D eigenvalue weighted by Gasteiger charge is -2.16. The van der Waals surface area contributed by atoms with Gasteiger partial charge in [0.05, 0.1) is 13.0 Å². The van der Waals surface area contributed by atoms with E-state index in [0.717, 1.165) is 5.69 Å². The van der Waals surface area contributed by atoms with Crippen LogP contribution in [0.3, 0.4) is 0 Å². The highest BCUT2D eigenvalue weighted by Crippen LogP contribution is 2.32. The molecule has 3 aromatic rings. The number of benzene rings is 2. The molecule has 0 aliphatic carbocycles. The topological polar surface area (TPSA) is 107 Å². The predicted octanol–water partition coefficient (Wildman–Crippen LogP) is 2.76. The number of nitrogens with one attached hydrogen (secondary N) is 1. The molecule has 0 unspecified atom stereocenters. The van der Waals surface area contributed by atoms with Gasteiger partial charge in [0.15, 0.2) is 6.61 Å². The fourth-order valence-electron chi connectivity index (χ4n) is 3.17. The quantitative estimate of drug-likeness (QED) is 0.619. The minimum Gasteiger partial charge on any atom is -0.497 e. The van der Waals surface area contributed by atoms with Crippen LogP contribution in [0.25, 0.3) is 0 Å². The van der Waals surface area contributed by atoms with Crippen molar-refractivity contribution < 1.29 is 27.9 Å². The number of aromatic nitrogens is 2. The van der Waals surface area contributed by atoms with Gasteiger partial charge in [0.1, 0.15) is 17.3 Å². The molecule has 10 heteroatoms. The van der Waals surface area contributed by atoms with E-state index in [1.54, 1.807) is 36.3 Å². The highest BCUT2D eigenvalue weighted by molar-refractivity contribution is 5.96. The smallest absolute Gasteiger partial charge is 0.322 e. The summed E-state index contributed by atoms with van der Waals surface area (Å²) in [5.74, 6) is 0.0560. The van der Waals surface area contributed by atoms with Gasteiger partial charge < -0.3 is 18.8 Å². The highest BCUT2D eigenvalue weighted by Gasteiger charge is 2.35. The van der Waals surface area contributed by atoms with Gasteiger partial charge in [-0.05, 0) is 48.5 Å². The van der Waals surface area contributed by atoms with Gasteiger partial charge >= 0.3 is 6.01 Å². The maximum atomic E-state index is 12.9. The van der Waals surface area contributed by atoms with Crippen LogP contribution >= 0.6 is 0 Å². The first kappa shape index (κ1) is 20.3. The monoisotopic (exact) mass is 426 g/mol. The van der Waals surface area contributed by atoms with Gasteiger partial charge in [0, 0.05) is 18.7 Å². The average Bonchev–Trinajstić information content (AvgIpc) is 3.40. The Morgan fingerprint density at radius 1 is 1.16 bits per heavy atom. The van der Waals surface area contributed by atoms with Crippen LogP contribution in [0, 0.1) is 5.82 Å². The molecule has 9 nitrogen and oxygen atoms in total. The third-order valence-corrected chi connectivity index (χ3v) is 4.73. The fourth-order valence-corrected chi connectivity index (χ4v) is 3.17. The Hall–Kier alpha value is -3.95. The van der Waals surface area contributed by atoms with Crippen LogP contribution in [0.4, 0.5) is 16.1 Å². The van der Waals surface area contributed by atoms with Crippen molar-refractivity contribution in [1.29, 1.82) is 0 Å². The predicted molar refractivity (Wildman–Crippen MR) is 108 cm³/mol. The Labute approximate surface area is 176 Å². The van der Waals surface area contributed by atoms with Crippen LogP contribution in [0.5, 0.6) is 11.5 Å². The van der Waals surface area contributed by atoms with E-state index in [1.807, 2.05) is 0 Å². The summed E-state index contributed by atoms with van der Waals surface area (Å²) in [6.45, 7) is 0.0743. The minimum absolute atomic E-state index is 0.0633. The zero-order valence-corrected chi connectivity index (χ0v) is 16.6. The standard InChI is InChI=1S/C21H19FN4O5/c1-29-16-8-4-15(5-9-16)26-11-13(10-19(26)28)20-24-25-21(31-20)23-18(27)12-30-17-6-2-14(22)3-7-17/h2-9,13H,10-12H2,1H3,(H,23,25,27)/t13-/m0/s1. The molecule has 1 aliphatic rings. The molecule has 31 heavy (non-hydrogen) atoms. The van der Waals surface area contributed by atoms with Gasteiger partial charge in [-0.25, -0.2) is 4.39 Å². The van der Waals surface area contributed by atoms with Crippen LogP contribution < -0.4 is 19.7 Å². The molecule has 1 aliphatic heterocycles. The third-order valence-electron chi connectivity index (χ3n) is 4.73. The number of amides is 2. The summed E-state index contributed by atoms with van der Waals surface area (Å²) in [4.78, 5) is 26.1. The van der Waals surface area contributed by atoms with E-state index >= 15 is 0 Å². The van der Waals surface area contributed by atoms with E-state index in [2.05, 4.69) is 15.5 Å². The normalized spacial score (nSPS) is 15.7. The molecule has 1 fully saturated rings. The Morgan fingerprint density at radius 3 is 2.58 bits per heavy atom. The summed E-state index contributed by atoms with van der Waals surface area (Å²) < 4.78 is 28.8. The summed E-state index contributed by atoms with van der Waals surface area (Å²) in [6.07, 6.45) is 0.218. The Morgan fingerprint density at radius 2 is 1.87 bits per heavy atom. The lowest BCUT2D eigenvalue weighted by atomic mass is 10.1. The second-order valence-electron chi connectivity index (χ2n) is 6.84. The molecular weight excluding hydrogens is 407 g/mol. The number of rotatable bonds is 7. The molecule has 160 valence electrons. The number of carbonyl (C=O) groups excluding carboxylic acids is 2. The van der Waals surface area contributed by atoms with Gasteiger partial charge in [-0.3, -0.25) is 14.9 Å². The number of carbonyl (C=O) groups is 2. The zero-order chi connectivity index (χ0) is 21.8. The third kappa shape index (κ3) is 4.80. The first-order chi connectivity index (χ1) is 15.0. The second kappa shape index (κ2) is 8.82. The maximum absolute atomic E-state index is 12.9. The number of hydrogen-bond donors (Lipinski definition) is 1. The highest BCUT2D eigenvalue weighted by atomic mass is 19.1. The molecule has 0 spiro atoms. The minimum atomic E-state index is -0.512. The van der Waals surface area contributed by atoms with E-state index in [9.17, 15) is 14.0 Å². The molecule has 2 aromatic carbocycles. The maximum Gasteiger partial charge on any atom is 0.322 e. The van der Waals surface area contributed by atoms with Crippen molar-refractivity contribution in [2.45, 2.75) is 12.3 Å². The van der Waals surface area contributed by atoms with E-state index in [-0.39, 0.29) is 36.8 Å². The van der Waals surface area contributed by atoms with Crippen LogP contribution in [0.15, 0.2) is 52.9 Å². The molecule has 1 atom stereocenters. The summed E-state index contributed by atoms with van der Waals surface area (Å²) in [6, 6.07) is 12.4. The number of nitrogens with zero attached hydrogens (tertiary/aromatic N) is 3. The van der Waals surface area contributed by atoms with Crippen LogP contribution in [0.2, 0.25) is 0 Å². The lowest BCUT2D eigenvalue weighted by molar-refractivity contribution is -0.118. The molecule has 0 bridgehead atoms. The number of anilines is 2. The number of methoxy groups -OCH3 is 1. The van der Waals surface area contributed by atoms with Crippen molar-refractivity contribution >= 4 is 23.5 Å². The number of hydrogen-bond acceptors (Lipinski definition) is 7. The van der Waals surface area contributed by atoms with E-state index < -0.39 is 11.7 Å². The van der Waals surface area contributed by atoms with Crippen molar-refractivity contribution in [2.24, 2.45) is 0 Å². The zero-order valence-electron chi connectivity index (χ0n) is 16.6. The van der Waals surface area contributed by atoms with Crippen LogP contribution in [0.1, 0.15) is 18.2 Å². The summed E-state index contributed by atoms with van der Waals surface area (Å²) in [7, 11) is 1.58.